The number of amides is 1. The molecule has 2 saturated carbocycles. The van der Waals surface area contributed by atoms with Gasteiger partial charge >= 0.3 is 0 Å². The topological polar surface area (TPSA) is 32.3 Å². The number of likely N-dealkylation sites (tertiary alicyclic amines) is 1. The van der Waals surface area contributed by atoms with Crippen LogP contribution in [0.5, 0.6) is 0 Å². The number of rotatable bonds is 4. The molecule has 1 saturated heterocycles. The van der Waals surface area contributed by atoms with E-state index in [0.29, 0.717) is 11.9 Å². The summed E-state index contributed by atoms with van der Waals surface area (Å²) in [4.78, 5) is 15.1. The maximum absolute atomic E-state index is 12.6. The number of aryl methyl sites for hydroxylation is 1. The minimum Gasteiger partial charge on any atom is -0.353 e. The van der Waals surface area contributed by atoms with Gasteiger partial charge in [0.2, 0.25) is 5.91 Å². The van der Waals surface area contributed by atoms with E-state index in [1.54, 1.807) is 0 Å². The van der Waals surface area contributed by atoms with E-state index in [2.05, 4.69) is 41.4 Å². The Morgan fingerprint density at radius 1 is 1.12 bits per heavy atom. The summed E-state index contributed by atoms with van der Waals surface area (Å²) in [5.41, 5.74) is 2.79. The Hall–Kier alpha value is -1.35. The van der Waals surface area contributed by atoms with Crippen molar-refractivity contribution in [2.45, 2.75) is 58.0 Å². The maximum Gasteiger partial charge on any atom is 0.223 e. The van der Waals surface area contributed by atoms with Crippen molar-refractivity contribution in [3.05, 3.63) is 35.4 Å². The number of hydrogen-bond donors (Lipinski definition) is 1. The first-order valence-electron chi connectivity index (χ1n) is 9.76. The fourth-order valence-corrected chi connectivity index (χ4v) is 5.10. The lowest BCUT2D eigenvalue weighted by Gasteiger charge is -2.33. The molecule has 130 valence electrons. The number of nitrogens with one attached hydrogen (secondary N) is 1. The van der Waals surface area contributed by atoms with Gasteiger partial charge in [0.25, 0.3) is 0 Å². The molecule has 3 nitrogen and oxygen atoms in total. The Balaban J connectivity index is 1.25. The monoisotopic (exact) mass is 326 g/mol. The average molecular weight is 326 g/mol. The highest BCUT2D eigenvalue weighted by atomic mass is 16.2. The van der Waals surface area contributed by atoms with Crippen LogP contribution in [0.4, 0.5) is 0 Å². The summed E-state index contributed by atoms with van der Waals surface area (Å²) in [6, 6.07) is 9.12. The third kappa shape index (κ3) is 3.37. The minimum atomic E-state index is 0.234. The van der Waals surface area contributed by atoms with Gasteiger partial charge in [-0.2, -0.15) is 0 Å². The Morgan fingerprint density at radius 3 is 2.58 bits per heavy atom. The molecule has 3 fully saturated rings. The van der Waals surface area contributed by atoms with Gasteiger partial charge in [0.15, 0.2) is 0 Å². The first-order chi connectivity index (χ1) is 11.7. The summed E-state index contributed by atoms with van der Waals surface area (Å²) in [5.74, 6) is 2.25. The predicted octanol–water partition coefficient (Wildman–Crippen LogP) is 3.51. The molecule has 1 amide bonds. The van der Waals surface area contributed by atoms with Crippen molar-refractivity contribution in [2.24, 2.45) is 17.8 Å². The molecule has 4 rings (SSSR count). The molecule has 0 unspecified atom stereocenters. The smallest absolute Gasteiger partial charge is 0.223 e. The molecule has 3 heteroatoms. The van der Waals surface area contributed by atoms with Crippen molar-refractivity contribution in [2.75, 3.05) is 13.1 Å². The third-order valence-electron chi connectivity index (χ3n) is 6.68. The molecule has 1 heterocycles. The molecule has 24 heavy (non-hydrogen) atoms. The van der Waals surface area contributed by atoms with Crippen molar-refractivity contribution in [1.29, 1.82) is 0 Å². The zero-order valence-corrected chi connectivity index (χ0v) is 14.8. The minimum absolute atomic E-state index is 0.234. The van der Waals surface area contributed by atoms with Gasteiger partial charge in [0.1, 0.15) is 0 Å². The number of benzene rings is 1. The van der Waals surface area contributed by atoms with Gasteiger partial charge in [-0.25, -0.2) is 0 Å². The lowest BCUT2D eigenvalue weighted by Crippen LogP contribution is -2.45. The lowest BCUT2D eigenvalue weighted by atomic mass is 9.92. The van der Waals surface area contributed by atoms with Crippen LogP contribution >= 0.6 is 0 Å². The van der Waals surface area contributed by atoms with Crippen LogP contribution < -0.4 is 5.32 Å². The second-order valence-electron chi connectivity index (χ2n) is 8.27. The molecule has 2 bridgehead atoms. The molecular formula is C21H30N2O. The molecule has 1 N–H and O–H groups in total. The molecule has 3 atom stereocenters. The quantitative estimate of drug-likeness (QED) is 0.918. The van der Waals surface area contributed by atoms with Crippen molar-refractivity contribution in [3.8, 4) is 0 Å². The maximum atomic E-state index is 12.6. The molecule has 1 aliphatic heterocycles. The Labute approximate surface area is 145 Å². The van der Waals surface area contributed by atoms with Crippen LogP contribution in [0.1, 0.15) is 49.7 Å². The Kier molecular flexibility index (Phi) is 4.62. The summed E-state index contributed by atoms with van der Waals surface area (Å²) in [6.07, 6.45) is 7.36. The van der Waals surface area contributed by atoms with Gasteiger partial charge in [-0.05, 0) is 75.1 Å². The molecule has 2 aliphatic carbocycles. The first kappa shape index (κ1) is 16.1. The van der Waals surface area contributed by atoms with Crippen LogP contribution in [-0.4, -0.2) is 29.9 Å². The van der Waals surface area contributed by atoms with Crippen LogP contribution in [0.25, 0.3) is 0 Å². The van der Waals surface area contributed by atoms with Gasteiger partial charge in [-0.15, -0.1) is 0 Å². The number of hydrogen-bond acceptors (Lipinski definition) is 2. The molecular weight excluding hydrogens is 296 g/mol. The number of piperidine rings is 1. The van der Waals surface area contributed by atoms with Gasteiger partial charge in [-0.1, -0.05) is 30.7 Å². The molecule has 1 aromatic carbocycles. The SMILES string of the molecule is Cc1ccccc1CN1CCC(C(=O)N[C@H]2C[C@@H]3CC[C@@H]2C3)CC1. The second-order valence-corrected chi connectivity index (χ2v) is 8.27. The highest BCUT2D eigenvalue weighted by molar-refractivity contribution is 5.79. The van der Waals surface area contributed by atoms with E-state index < -0.39 is 0 Å². The summed E-state index contributed by atoms with van der Waals surface area (Å²) in [5, 5.41) is 3.40. The van der Waals surface area contributed by atoms with Crippen LogP contribution in [0.15, 0.2) is 24.3 Å². The van der Waals surface area contributed by atoms with Crippen molar-refractivity contribution < 1.29 is 4.79 Å². The highest BCUT2D eigenvalue weighted by Gasteiger charge is 2.40. The molecule has 0 radical (unpaired) electrons. The van der Waals surface area contributed by atoms with E-state index in [1.807, 2.05) is 0 Å². The Bertz CT molecular complexity index is 591. The predicted molar refractivity (Wildman–Crippen MR) is 96.6 cm³/mol. The zero-order chi connectivity index (χ0) is 16.5. The average Bonchev–Trinajstić information content (AvgIpc) is 3.20. The van der Waals surface area contributed by atoms with E-state index >= 15 is 0 Å². The van der Waals surface area contributed by atoms with Crippen LogP contribution in [0.2, 0.25) is 0 Å². The van der Waals surface area contributed by atoms with Gasteiger partial charge in [-0.3, -0.25) is 9.69 Å². The first-order valence-corrected chi connectivity index (χ1v) is 9.76. The summed E-state index contributed by atoms with van der Waals surface area (Å²) < 4.78 is 0. The van der Waals surface area contributed by atoms with Crippen molar-refractivity contribution in [1.82, 2.24) is 10.2 Å². The Morgan fingerprint density at radius 2 is 1.92 bits per heavy atom. The van der Waals surface area contributed by atoms with Crippen molar-refractivity contribution >= 4 is 5.91 Å². The largest absolute Gasteiger partial charge is 0.353 e. The van der Waals surface area contributed by atoms with Gasteiger partial charge < -0.3 is 5.32 Å². The highest BCUT2D eigenvalue weighted by Crippen LogP contribution is 2.44. The van der Waals surface area contributed by atoms with E-state index in [4.69, 9.17) is 0 Å². The van der Waals surface area contributed by atoms with E-state index in [-0.39, 0.29) is 5.92 Å². The number of carbonyl (C=O) groups is 1. The van der Waals surface area contributed by atoms with Gasteiger partial charge in [0.05, 0.1) is 0 Å². The van der Waals surface area contributed by atoms with Crippen LogP contribution in [0.3, 0.4) is 0 Å². The molecule has 3 aliphatic rings. The second kappa shape index (κ2) is 6.87. The normalized spacial score (nSPS) is 30.6. The fraction of sp³-hybridized carbons (Fsp3) is 0.667. The standard InChI is InChI=1S/C21H30N2O/c1-15-4-2-3-5-19(15)14-23-10-8-17(9-11-23)21(24)22-20-13-16-6-7-18(20)12-16/h2-5,16-18,20H,6-14H2,1H3,(H,22,24)/t16-,18-,20+/m1/s1. The molecule has 1 aromatic rings. The zero-order valence-electron chi connectivity index (χ0n) is 14.8. The summed E-state index contributed by atoms with van der Waals surface area (Å²) in [7, 11) is 0. The molecule has 0 aromatic heterocycles. The summed E-state index contributed by atoms with van der Waals surface area (Å²) >= 11 is 0. The van der Waals surface area contributed by atoms with Crippen molar-refractivity contribution in [3.63, 3.8) is 0 Å². The number of nitrogens with zero attached hydrogens (tertiary/aromatic N) is 1. The van der Waals surface area contributed by atoms with Crippen LogP contribution in [-0.2, 0) is 11.3 Å². The third-order valence-corrected chi connectivity index (χ3v) is 6.68. The summed E-state index contributed by atoms with van der Waals surface area (Å²) in [6.45, 7) is 5.30. The fourth-order valence-electron chi connectivity index (χ4n) is 5.10. The lowest BCUT2D eigenvalue weighted by molar-refractivity contribution is -0.127. The van der Waals surface area contributed by atoms with E-state index in [0.717, 1.165) is 44.3 Å². The number of fused-ring (bicyclic) bond motifs is 2. The molecule has 0 spiro atoms. The van der Waals surface area contributed by atoms with E-state index in [1.165, 1.54) is 36.8 Å². The number of carbonyl (C=O) groups excluding carboxylic acids is 1. The van der Waals surface area contributed by atoms with E-state index in [9.17, 15) is 4.79 Å². The van der Waals surface area contributed by atoms with Gasteiger partial charge in [0, 0.05) is 18.5 Å². The van der Waals surface area contributed by atoms with Crippen LogP contribution in [0, 0.1) is 24.7 Å².